The summed E-state index contributed by atoms with van der Waals surface area (Å²) < 4.78 is 91.6. The quantitative estimate of drug-likeness (QED) is 0.519. The van der Waals surface area contributed by atoms with Gasteiger partial charge in [0.2, 0.25) is 5.95 Å². The Kier molecular flexibility index (Phi) is 6.93. The molecule has 0 spiro atoms. The van der Waals surface area contributed by atoms with E-state index in [1.165, 1.54) is 17.0 Å². The van der Waals surface area contributed by atoms with Gasteiger partial charge >= 0.3 is 12.4 Å². The molecule has 0 unspecified atom stereocenters. The average Bonchev–Trinajstić information content (AvgIpc) is 2.85. The van der Waals surface area contributed by atoms with Crippen LogP contribution in [0.2, 0.25) is 0 Å². The molecule has 4 rings (SSSR count). The number of pyridine rings is 1. The van der Waals surface area contributed by atoms with Crippen molar-refractivity contribution >= 4 is 11.9 Å². The van der Waals surface area contributed by atoms with E-state index in [0.29, 0.717) is 18.5 Å². The van der Waals surface area contributed by atoms with Crippen LogP contribution in [0.25, 0.3) is 0 Å². The Morgan fingerprint density at radius 1 is 0.946 bits per heavy atom. The summed E-state index contributed by atoms with van der Waals surface area (Å²) in [4.78, 5) is 37.0. The molecule has 1 saturated heterocycles. The van der Waals surface area contributed by atoms with E-state index >= 15 is 0 Å². The summed E-state index contributed by atoms with van der Waals surface area (Å²) in [6, 6.07) is 4.16. The number of benzene rings is 1. The highest BCUT2D eigenvalue weighted by Crippen LogP contribution is 2.29. The van der Waals surface area contributed by atoms with Gasteiger partial charge in [0, 0.05) is 56.8 Å². The molecule has 37 heavy (non-hydrogen) atoms. The summed E-state index contributed by atoms with van der Waals surface area (Å²) in [5, 5.41) is 0. The summed E-state index contributed by atoms with van der Waals surface area (Å²) in [6.07, 6.45) is -7.33. The molecule has 1 amide bonds. The van der Waals surface area contributed by atoms with E-state index in [-0.39, 0.29) is 55.2 Å². The van der Waals surface area contributed by atoms with Crippen LogP contribution in [0.5, 0.6) is 0 Å². The highest BCUT2D eigenvalue weighted by molar-refractivity contribution is 5.94. The Morgan fingerprint density at radius 3 is 2.19 bits per heavy atom. The number of carbonyl (C=O) groups is 1. The molecular weight excluding hydrogens is 511 g/mol. The monoisotopic (exact) mass is 529 g/mol. The normalized spacial score (nSPS) is 14.7. The second-order valence-electron chi connectivity index (χ2n) is 8.28. The van der Waals surface area contributed by atoms with Gasteiger partial charge in [0.25, 0.3) is 11.5 Å². The van der Waals surface area contributed by atoms with Crippen LogP contribution in [0, 0.1) is 5.82 Å². The molecule has 1 aromatic carbocycles. The van der Waals surface area contributed by atoms with Crippen molar-refractivity contribution in [1.29, 1.82) is 0 Å². The molecule has 1 aliphatic rings. The number of hydrogen-bond acceptors (Lipinski definition) is 5. The second-order valence-corrected chi connectivity index (χ2v) is 8.28. The topological polar surface area (TPSA) is 82.2 Å². The van der Waals surface area contributed by atoms with Crippen LogP contribution in [0.15, 0.2) is 47.7 Å². The van der Waals surface area contributed by atoms with Crippen LogP contribution in [-0.4, -0.2) is 51.9 Å². The Morgan fingerprint density at radius 2 is 1.59 bits per heavy atom. The van der Waals surface area contributed by atoms with Crippen molar-refractivity contribution in [1.82, 2.24) is 19.9 Å². The molecule has 0 aliphatic carbocycles. The smallest absolute Gasteiger partial charge is 0.337 e. The van der Waals surface area contributed by atoms with Gasteiger partial charge in [-0.2, -0.15) is 26.3 Å². The minimum atomic E-state index is -4.88. The fraction of sp³-hybridized carbons (Fsp3) is 0.304. The SMILES string of the molecule is O=C(c1ccc(F)c(Cc2c[nH]c(=O)c(C(F)(F)F)c2)c1)N1CCN(c2ncc(C(F)(F)F)cn2)CC1. The summed E-state index contributed by atoms with van der Waals surface area (Å²) >= 11 is 0. The predicted octanol–water partition coefficient (Wildman–Crippen LogP) is 3.89. The average molecular weight is 529 g/mol. The molecule has 0 atom stereocenters. The number of piperazine rings is 1. The Bertz CT molecular complexity index is 1350. The zero-order valence-electron chi connectivity index (χ0n) is 18.8. The zero-order chi connectivity index (χ0) is 27.0. The summed E-state index contributed by atoms with van der Waals surface area (Å²) in [5.41, 5.74) is -3.64. The third-order valence-corrected chi connectivity index (χ3v) is 5.77. The molecule has 1 N–H and O–H groups in total. The number of nitrogens with one attached hydrogen (secondary N) is 1. The van der Waals surface area contributed by atoms with Gasteiger partial charge in [-0.25, -0.2) is 14.4 Å². The van der Waals surface area contributed by atoms with Crippen LogP contribution < -0.4 is 10.5 Å². The number of carbonyl (C=O) groups excluding carboxylic acids is 1. The third kappa shape index (κ3) is 5.89. The number of aromatic nitrogens is 3. The van der Waals surface area contributed by atoms with Crippen LogP contribution in [0.3, 0.4) is 0 Å². The van der Waals surface area contributed by atoms with E-state index in [1.54, 1.807) is 4.90 Å². The number of aromatic amines is 1. The number of anilines is 1. The molecule has 7 nitrogen and oxygen atoms in total. The predicted molar refractivity (Wildman–Crippen MR) is 116 cm³/mol. The molecule has 2 aromatic heterocycles. The summed E-state index contributed by atoms with van der Waals surface area (Å²) in [6.45, 7) is 0.848. The minimum absolute atomic E-state index is 0.000537. The van der Waals surface area contributed by atoms with Gasteiger partial charge in [-0.1, -0.05) is 0 Å². The van der Waals surface area contributed by atoms with Crippen molar-refractivity contribution in [2.24, 2.45) is 0 Å². The van der Waals surface area contributed by atoms with Crippen molar-refractivity contribution in [2.45, 2.75) is 18.8 Å². The number of nitrogens with zero attached hydrogens (tertiary/aromatic N) is 4. The van der Waals surface area contributed by atoms with Gasteiger partial charge < -0.3 is 14.8 Å². The van der Waals surface area contributed by atoms with E-state index in [0.717, 1.165) is 12.3 Å². The van der Waals surface area contributed by atoms with E-state index in [9.17, 15) is 40.3 Å². The maximum absolute atomic E-state index is 14.4. The lowest BCUT2D eigenvalue weighted by Crippen LogP contribution is -2.49. The number of amides is 1. The fourth-order valence-electron chi connectivity index (χ4n) is 3.83. The molecule has 196 valence electrons. The second kappa shape index (κ2) is 9.82. The molecule has 0 radical (unpaired) electrons. The van der Waals surface area contributed by atoms with Crippen LogP contribution in [-0.2, 0) is 18.8 Å². The van der Waals surface area contributed by atoms with E-state index < -0.39 is 40.8 Å². The van der Waals surface area contributed by atoms with Crippen molar-refractivity contribution in [2.75, 3.05) is 31.1 Å². The Labute approximate surface area is 204 Å². The van der Waals surface area contributed by atoms with Crippen LogP contribution in [0.4, 0.5) is 36.7 Å². The van der Waals surface area contributed by atoms with Crippen molar-refractivity contribution < 1.29 is 35.5 Å². The maximum Gasteiger partial charge on any atom is 0.421 e. The lowest BCUT2D eigenvalue weighted by molar-refractivity contribution is -0.139. The van der Waals surface area contributed by atoms with Gasteiger partial charge in [-0.3, -0.25) is 9.59 Å². The van der Waals surface area contributed by atoms with Crippen molar-refractivity contribution in [3.63, 3.8) is 0 Å². The Balaban J connectivity index is 1.44. The third-order valence-electron chi connectivity index (χ3n) is 5.77. The summed E-state index contributed by atoms with van der Waals surface area (Å²) in [7, 11) is 0. The molecule has 3 heterocycles. The van der Waals surface area contributed by atoms with Gasteiger partial charge in [0.05, 0.1) is 5.56 Å². The lowest BCUT2D eigenvalue weighted by Gasteiger charge is -2.34. The summed E-state index contributed by atoms with van der Waals surface area (Å²) in [5.74, 6) is -1.10. The highest BCUT2D eigenvalue weighted by Gasteiger charge is 2.34. The van der Waals surface area contributed by atoms with Gasteiger partial charge in [0.15, 0.2) is 0 Å². The van der Waals surface area contributed by atoms with Gasteiger partial charge in [-0.05, 0) is 35.4 Å². The molecule has 1 aliphatic heterocycles. The van der Waals surface area contributed by atoms with Crippen LogP contribution >= 0.6 is 0 Å². The molecule has 0 bridgehead atoms. The van der Waals surface area contributed by atoms with E-state index in [1.807, 2.05) is 4.98 Å². The minimum Gasteiger partial charge on any atom is -0.337 e. The van der Waals surface area contributed by atoms with Gasteiger partial charge in [0.1, 0.15) is 11.4 Å². The standard InChI is InChI=1S/C23H18F7N5O2/c24-18-2-1-14(9-15(18)7-13-8-17(23(28,29)30)19(36)31-10-13)20(37)34-3-5-35(6-4-34)21-32-11-16(12-33-21)22(25,26)27/h1-2,8-12H,3-7H2,(H,31,36). The van der Waals surface area contributed by atoms with Crippen LogP contribution in [0.1, 0.15) is 32.6 Å². The first kappa shape index (κ1) is 26.1. The van der Waals surface area contributed by atoms with Crippen molar-refractivity contribution in [3.05, 3.63) is 86.8 Å². The Hall–Kier alpha value is -3.97. The molecule has 1 fully saturated rings. The molecule has 0 saturated carbocycles. The number of alkyl halides is 6. The van der Waals surface area contributed by atoms with E-state index in [2.05, 4.69) is 9.97 Å². The first-order valence-electron chi connectivity index (χ1n) is 10.8. The lowest BCUT2D eigenvalue weighted by atomic mass is 10.0. The number of H-pyrrole nitrogens is 1. The molecular formula is C23H18F7N5O2. The highest BCUT2D eigenvalue weighted by atomic mass is 19.4. The number of hydrogen-bond donors (Lipinski definition) is 1. The number of rotatable bonds is 4. The maximum atomic E-state index is 14.4. The first-order chi connectivity index (χ1) is 17.3. The van der Waals surface area contributed by atoms with Crippen molar-refractivity contribution in [3.8, 4) is 0 Å². The number of halogens is 7. The molecule has 14 heteroatoms. The zero-order valence-corrected chi connectivity index (χ0v) is 18.8. The fourth-order valence-corrected chi connectivity index (χ4v) is 3.83. The van der Waals surface area contributed by atoms with E-state index in [4.69, 9.17) is 0 Å². The largest absolute Gasteiger partial charge is 0.421 e. The van der Waals surface area contributed by atoms with Gasteiger partial charge in [-0.15, -0.1) is 0 Å². The first-order valence-corrected chi connectivity index (χ1v) is 10.8. The molecule has 3 aromatic rings.